The molecule has 2 heterocycles. The molecule has 0 saturated carbocycles. The summed E-state index contributed by atoms with van der Waals surface area (Å²) in [6.07, 6.45) is 4.11. The number of aryl methyl sites for hydroxylation is 1. The first-order valence-electron chi connectivity index (χ1n) is 10.1. The number of imidazole rings is 1. The molecule has 3 rings (SSSR count). The van der Waals surface area contributed by atoms with Gasteiger partial charge in [-0.3, -0.25) is 9.69 Å². The fourth-order valence-corrected chi connectivity index (χ4v) is 4.53. The quantitative estimate of drug-likeness (QED) is 0.685. The van der Waals surface area contributed by atoms with Gasteiger partial charge in [-0.15, -0.1) is 0 Å². The van der Waals surface area contributed by atoms with Crippen LogP contribution in [0.5, 0.6) is 0 Å². The van der Waals surface area contributed by atoms with E-state index in [2.05, 4.69) is 14.5 Å². The van der Waals surface area contributed by atoms with Crippen molar-refractivity contribution in [2.45, 2.75) is 43.9 Å². The summed E-state index contributed by atoms with van der Waals surface area (Å²) in [6, 6.07) is 6.70. The minimum absolute atomic E-state index is 0.0922. The highest BCUT2D eigenvalue weighted by atomic mass is 32.2. The van der Waals surface area contributed by atoms with Crippen molar-refractivity contribution < 1.29 is 13.2 Å². The van der Waals surface area contributed by atoms with E-state index >= 15 is 0 Å². The van der Waals surface area contributed by atoms with Crippen LogP contribution in [0.2, 0.25) is 0 Å². The van der Waals surface area contributed by atoms with Gasteiger partial charge in [0.15, 0.2) is 9.84 Å². The Kier molecular flexibility index (Phi) is 6.74. The second-order valence-corrected chi connectivity index (χ2v) is 10.3. The van der Waals surface area contributed by atoms with Crippen LogP contribution in [0.4, 0.5) is 0 Å². The lowest BCUT2D eigenvalue weighted by atomic mass is 10.1. The molecule has 1 amide bonds. The molecule has 0 aliphatic carbocycles. The third-order valence-electron chi connectivity index (χ3n) is 5.53. The van der Waals surface area contributed by atoms with Crippen LogP contribution in [-0.4, -0.2) is 71.6 Å². The average Bonchev–Trinajstić information content (AvgIpc) is 3.12. The molecule has 1 aromatic carbocycles. The summed E-state index contributed by atoms with van der Waals surface area (Å²) in [7, 11) is -3.28. The Morgan fingerprint density at radius 2 is 1.72 bits per heavy atom. The maximum absolute atomic E-state index is 12.6. The molecule has 29 heavy (non-hydrogen) atoms. The average molecular weight is 419 g/mol. The van der Waals surface area contributed by atoms with E-state index in [1.807, 2.05) is 24.2 Å². The van der Waals surface area contributed by atoms with Gasteiger partial charge in [-0.2, -0.15) is 0 Å². The largest absolute Gasteiger partial charge is 0.340 e. The number of carbonyl (C=O) groups excluding carboxylic acids is 1. The van der Waals surface area contributed by atoms with Crippen LogP contribution in [0.1, 0.15) is 25.2 Å². The topological polar surface area (TPSA) is 75.5 Å². The molecule has 1 aliphatic heterocycles. The summed E-state index contributed by atoms with van der Waals surface area (Å²) in [4.78, 5) is 21.5. The SMILES string of the molecule is Cc1nccn1CCN1CCN(C(=O)Cc2ccc(S(=O)(=O)C(C)C)cc2)CC1. The molecule has 2 aromatic rings. The predicted octanol–water partition coefficient (Wildman–Crippen LogP) is 1.76. The van der Waals surface area contributed by atoms with Crippen LogP contribution < -0.4 is 0 Å². The van der Waals surface area contributed by atoms with Crippen molar-refractivity contribution in [2.75, 3.05) is 32.7 Å². The number of aromatic nitrogens is 2. The predicted molar refractivity (Wildman–Crippen MR) is 112 cm³/mol. The first-order valence-corrected chi connectivity index (χ1v) is 11.6. The van der Waals surface area contributed by atoms with Crippen molar-refractivity contribution in [1.29, 1.82) is 0 Å². The molecule has 0 radical (unpaired) electrons. The molecule has 0 atom stereocenters. The molecule has 1 aliphatic rings. The Balaban J connectivity index is 1.48. The fourth-order valence-electron chi connectivity index (χ4n) is 3.47. The smallest absolute Gasteiger partial charge is 0.227 e. The van der Waals surface area contributed by atoms with Crippen LogP contribution in [0.25, 0.3) is 0 Å². The standard InChI is InChI=1S/C21H30N4O3S/c1-17(2)29(27,28)20-6-4-19(5-7-20)16-21(26)25-14-11-23(12-15-25)10-13-24-9-8-22-18(24)3/h4-9,17H,10-16H2,1-3H3. The van der Waals surface area contributed by atoms with Gasteiger partial charge in [0.2, 0.25) is 5.91 Å². The van der Waals surface area contributed by atoms with Crippen LogP contribution in [0.3, 0.4) is 0 Å². The van der Waals surface area contributed by atoms with E-state index < -0.39 is 15.1 Å². The monoisotopic (exact) mass is 418 g/mol. The van der Waals surface area contributed by atoms with Crippen molar-refractivity contribution in [3.8, 4) is 0 Å². The lowest BCUT2D eigenvalue weighted by molar-refractivity contribution is -0.132. The zero-order chi connectivity index (χ0) is 21.0. The molecule has 7 nitrogen and oxygen atoms in total. The van der Waals surface area contributed by atoms with E-state index in [-0.39, 0.29) is 5.91 Å². The van der Waals surface area contributed by atoms with Crippen molar-refractivity contribution in [3.05, 3.63) is 48.0 Å². The van der Waals surface area contributed by atoms with Gasteiger partial charge in [0, 0.05) is 51.7 Å². The Hall–Kier alpha value is -2.19. The van der Waals surface area contributed by atoms with Crippen molar-refractivity contribution in [1.82, 2.24) is 19.4 Å². The Morgan fingerprint density at radius 1 is 1.07 bits per heavy atom. The van der Waals surface area contributed by atoms with E-state index in [4.69, 9.17) is 0 Å². The number of piperazine rings is 1. The second kappa shape index (κ2) is 9.09. The molecule has 1 fully saturated rings. The van der Waals surface area contributed by atoms with Gasteiger partial charge in [0.05, 0.1) is 16.6 Å². The van der Waals surface area contributed by atoms with Crippen LogP contribution in [0, 0.1) is 6.92 Å². The molecule has 0 spiro atoms. The first-order chi connectivity index (χ1) is 13.8. The van der Waals surface area contributed by atoms with E-state index in [0.717, 1.165) is 50.7 Å². The lowest BCUT2D eigenvalue weighted by Gasteiger charge is -2.35. The molecular weight excluding hydrogens is 388 g/mol. The highest BCUT2D eigenvalue weighted by Crippen LogP contribution is 2.17. The minimum atomic E-state index is -3.28. The molecule has 1 aromatic heterocycles. The van der Waals surface area contributed by atoms with Gasteiger partial charge < -0.3 is 9.47 Å². The Morgan fingerprint density at radius 3 is 2.28 bits per heavy atom. The lowest BCUT2D eigenvalue weighted by Crippen LogP contribution is -2.49. The van der Waals surface area contributed by atoms with E-state index in [1.54, 1.807) is 38.1 Å². The van der Waals surface area contributed by atoms with Gasteiger partial charge >= 0.3 is 0 Å². The summed E-state index contributed by atoms with van der Waals surface area (Å²) in [5.41, 5.74) is 0.843. The number of rotatable bonds is 7. The third kappa shape index (κ3) is 5.25. The zero-order valence-corrected chi connectivity index (χ0v) is 18.2. The summed E-state index contributed by atoms with van der Waals surface area (Å²) in [6.45, 7) is 10.4. The molecule has 1 saturated heterocycles. The summed E-state index contributed by atoms with van der Waals surface area (Å²) >= 11 is 0. The molecule has 0 bridgehead atoms. The first kappa shape index (κ1) is 21.5. The number of nitrogens with zero attached hydrogens (tertiary/aromatic N) is 4. The maximum Gasteiger partial charge on any atom is 0.227 e. The number of amides is 1. The summed E-state index contributed by atoms with van der Waals surface area (Å²) in [5.74, 6) is 1.11. The van der Waals surface area contributed by atoms with Crippen LogP contribution in [-0.2, 0) is 27.6 Å². The van der Waals surface area contributed by atoms with Crippen molar-refractivity contribution in [2.24, 2.45) is 0 Å². The maximum atomic E-state index is 12.6. The van der Waals surface area contributed by atoms with Gasteiger partial charge in [-0.25, -0.2) is 13.4 Å². The minimum Gasteiger partial charge on any atom is -0.340 e. The highest BCUT2D eigenvalue weighted by molar-refractivity contribution is 7.92. The highest BCUT2D eigenvalue weighted by Gasteiger charge is 2.22. The van der Waals surface area contributed by atoms with Gasteiger partial charge in [-0.05, 0) is 38.5 Å². The van der Waals surface area contributed by atoms with Crippen LogP contribution >= 0.6 is 0 Å². The van der Waals surface area contributed by atoms with Gasteiger partial charge in [0.1, 0.15) is 5.82 Å². The number of benzene rings is 1. The van der Waals surface area contributed by atoms with Crippen molar-refractivity contribution >= 4 is 15.7 Å². The van der Waals surface area contributed by atoms with E-state index in [0.29, 0.717) is 11.3 Å². The number of carbonyl (C=O) groups is 1. The molecule has 158 valence electrons. The normalized spacial score (nSPS) is 15.8. The van der Waals surface area contributed by atoms with Crippen LogP contribution in [0.15, 0.2) is 41.6 Å². The van der Waals surface area contributed by atoms with Gasteiger partial charge in [0.25, 0.3) is 0 Å². The number of hydrogen-bond acceptors (Lipinski definition) is 5. The van der Waals surface area contributed by atoms with Gasteiger partial charge in [-0.1, -0.05) is 12.1 Å². The molecule has 0 N–H and O–H groups in total. The number of hydrogen-bond donors (Lipinski definition) is 0. The van der Waals surface area contributed by atoms with E-state index in [1.165, 1.54) is 0 Å². The second-order valence-electron chi connectivity index (χ2n) is 7.80. The molecular formula is C21H30N4O3S. The fraction of sp³-hybridized carbons (Fsp3) is 0.524. The molecule has 0 unspecified atom stereocenters. The Bertz CT molecular complexity index is 927. The molecule has 8 heteroatoms. The zero-order valence-electron chi connectivity index (χ0n) is 17.4. The Labute approximate surface area is 173 Å². The van der Waals surface area contributed by atoms with Crippen molar-refractivity contribution in [3.63, 3.8) is 0 Å². The van der Waals surface area contributed by atoms with E-state index in [9.17, 15) is 13.2 Å². The third-order valence-corrected chi connectivity index (χ3v) is 7.70. The number of sulfone groups is 1. The summed E-state index contributed by atoms with van der Waals surface area (Å²) in [5, 5.41) is -0.455. The summed E-state index contributed by atoms with van der Waals surface area (Å²) < 4.78 is 26.6.